The van der Waals surface area contributed by atoms with E-state index in [1.807, 2.05) is 6.07 Å². The van der Waals surface area contributed by atoms with Gasteiger partial charge in [0, 0.05) is 17.1 Å². The Labute approximate surface area is 116 Å². The lowest BCUT2D eigenvalue weighted by molar-refractivity contribution is -0.141. The van der Waals surface area contributed by atoms with Gasteiger partial charge < -0.3 is 10.0 Å². The summed E-state index contributed by atoms with van der Waals surface area (Å²) in [6.45, 7) is 1.49. The summed E-state index contributed by atoms with van der Waals surface area (Å²) < 4.78 is 0. The van der Waals surface area contributed by atoms with Crippen LogP contribution >= 0.6 is 11.6 Å². The zero-order valence-electron chi connectivity index (χ0n) is 10.3. The molecule has 0 radical (unpaired) electrons. The Morgan fingerprint density at radius 1 is 1.42 bits per heavy atom. The van der Waals surface area contributed by atoms with Gasteiger partial charge in [0.15, 0.2) is 0 Å². The molecule has 0 saturated carbocycles. The number of halogens is 1. The lowest BCUT2D eigenvalue weighted by atomic mass is 10.1. The Bertz CT molecular complexity index is 508. The van der Waals surface area contributed by atoms with Crippen LogP contribution in [0.25, 0.3) is 0 Å². The van der Waals surface area contributed by atoms with Crippen LogP contribution in [-0.2, 0) is 4.79 Å². The fourth-order valence-electron chi connectivity index (χ4n) is 1.53. The molecule has 1 atom stereocenters. The van der Waals surface area contributed by atoms with Gasteiger partial charge in [0.25, 0.3) is 5.91 Å². The van der Waals surface area contributed by atoms with E-state index in [0.29, 0.717) is 10.6 Å². The highest BCUT2D eigenvalue weighted by Crippen LogP contribution is 2.13. The molecule has 0 aliphatic carbocycles. The summed E-state index contributed by atoms with van der Waals surface area (Å²) in [5.41, 5.74) is 0.343. The molecular weight excluding hydrogens is 268 g/mol. The first-order chi connectivity index (χ1) is 8.97. The number of hydrogen-bond acceptors (Lipinski definition) is 3. The first-order valence-electron chi connectivity index (χ1n) is 5.63. The Hall–Kier alpha value is -2.06. The van der Waals surface area contributed by atoms with Gasteiger partial charge in [-0.05, 0) is 31.2 Å². The van der Waals surface area contributed by atoms with E-state index in [2.05, 4.69) is 0 Å². The lowest BCUT2D eigenvalue weighted by Crippen LogP contribution is -2.43. The molecular formula is C13H13ClN2O3. The molecule has 0 fully saturated rings. The molecule has 0 aliphatic heterocycles. The van der Waals surface area contributed by atoms with Gasteiger partial charge in [0.05, 0.1) is 12.5 Å². The van der Waals surface area contributed by atoms with Crippen molar-refractivity contribution >= 4 is 23.5 Å². The number of carboxylic acid groups (broad SMARTS) is 1. The summed E-state index contributed by atoms with van der Waals surface area (Å²) in [6.07, 6.45) is 0.0803. The average Bonchev–Trinajstić information content (AvgIpc) is 2.39. The maximum atomic E-state index is 12.2. The van der Waals surface area contributed by atoms with Crippen molar-refractivity contribution in [2.75, 3.05) is 6.54 Å². The summed E-state index contributed by atoms with van der Waals surface area (Å²) in [7, 11) is 0. The minimum atomic E-state index is -1.11. The molecule has 1 N–H and O–H groups in total. The number of aliphatic carboxylic acids is 1. The third-order valence-corrected chi connectivity index (χ3v) is 2.89. The van der Waals surface area contributed by atoms with Crippen LogP contribution in [0.3, 0.4) is 0 Å². The Kier molecular flexibility index (Phi) is 5.34. The highest BCUT2D eigenvalue weighted by molar-refractivity contribution is 6.30. The van der Waals surface area contributed by atoms with Crippen molar-refractivity contribution in [3.63, 3.8) is 0 Å². The summed E-state index contributed by atoms with van der Waals surface area (Å²) in [4.78, 5) is 24.4. The second-order valence-corrected chi connectivity index (χ2v) is 4.36. The van der Waals surface area contributed by atoms with Gasteiger partial charge in [-0.25, -0.2) is 4.79 Å². The maximum Gasteiger partial charge on any atom is 0.326 e. The fourth-order valence-corrected chi connectivity index (χ4v) is 1.66. The van der Waals surface area contributed by atoms with Gasteiger partial charge in [0.2, 0.25) is 0 Å². The molecule has 0 spiro atoms. The van der Waals surface area contributed by atoms with Crippen LogP contribution in [0.1, 0.15) is 23.7 Å². The monoisotopic (exact) mass is 280 g/mol. The molecule has 5 nitrogen and oxygen atoms in total. The number of carbonyl (C=O) groups is 2. The molecule has 0 aromatic heterocycles. The van der Waals surface area contributed by atoms with Crippen LogP contribution in [0.5, 0.6) is 0 Å². The molecule has 1 aromatic rings. The summed E-state index contributed by atoms with van der Waals surface area (Å²) in [5, 5.41) is 18.1. The molecule has 1 amide bonds. The number of benzene rings is 1. The van der Waals surface area contributed by atoms with E-state index < -0.39 is 17.9 Å². The maximum absolute atomic E-state index is 12.2. The first-order valence-corrected chi connectivity index (χ1v) is 6.01. The van der Waals surface area contributed by atoms with Crippen molar-refractivity contribution in [2.45, 2.75) is 19.4 Å². The molecule has 0 heterocycles. The van der Waals surface area contributed by atoms with Crippen LogP contribution in [0.2, 0.25) is 5.02 Å². The Balaban J connectivity index is 2.97. The zero-order valence-corrected chi connectivity index (χ0v) is 11.1. The van der Waals surface area contributed by atoms with Crippen molar-refractivity contribution in [1.29, 1.82) is 5.26 Å². The Morgan fingerprint density at radius 2 is 2.00 bits per heavy atom. The molecule has 100 valence electrons. The van der Waals surface area contributed by atoms with E-state index in [1.54, 1.807) is 12.1 Å². The molecule has 0 saturated heterocycles. The number of amides is 1. The molecule has 1 rings (SSSR count). The normalized spacial score (nSPS) is 11.4. The van der Waals surface area contributed by atoms with Crippen LogP contribution in [0, 0.1) is 11.3 Å². The second kappa shape index (κ2) is 6.76. The lowest BCUT2D eigenvalue weighted by Gasteiger charge is -2.25. The largest absolute Gasteiger partial charge is 0.480 e. The quantitative estimate of drug-likeness (QED) is 0.896. The second-order valence-electron chi connectivity index (χ2n) is 3.93. The molecule has 0 bridgehead atoms. The number of hydrogen-bond donors (Lipinski definition) is 1. The summed E-state index contributed by atoms with van der Waals surface area (Å²) in [5.74, 6) is -1.54. The highest BCUT2D eigenvalue weighted by Gasteiger charge is 2.25. The fraction of sp³-hybridized carbons (Fsp3) is 0.308. The number of carbonyl (C=O) groups excluding carboxylic acids is 1. The van der Waals surface area contributed by atoms with Crippen molar-refractivity contribution in [2.24, 2.45) is 0 Å². The molecule has 0 aliphatic rings. The minimum absolute atomic E-state index is 0.0748. The van der Waals surface area contributed by atoms with E-state index in [-0.39, 0.29) is 13.0 Å². The molecule has 19 heavy (non-hydrogen) atoms. The van der Waals surface area contributed by atoms with Crippen molar-refractivity contribution in [3.05, 3.63) is 34.9 Å². The van der Waals surface area contributed by atoms with Crippen LogP contribution in [0.15, 0.2) is 24.3 Å². The summed E-state index contributed by atoms with van der Waals surface area (Å²) >= 11 is 5.73. The minimum Gasteiger partial charge on any atom is -0.480 e. The predicted molar refractivity (Wildman–Crippen MR) is 69.8 cm³/mol. The van der Waals surface area contributed by atoms with E-state index in [0.717, 1.165) is 4.90 Å². The number of carboxylic acids is 1. The number of nitrogens with zero attached hydrogens (tertiary/aromatic N) is 2. The van der Waals surface area contributed by atoms with Gasteiger partial charge in [-0.15, -0.1) is 0 Å². The highest BCUT2D eigenvalue weighted by atomic mass is 35.5. The van der Waals surface area contributed by atoms with Gasteiger partial charge in [-0.1, -0.05) is 11.6 Å². The van der Waals surface area contributed by atoms with Crippen LogP contribution < -0.4 is 0 Å². The van der Waals surface area contributed by atoms with Crippen LogP contribution in [-0.4, -0.2) is 34.5 Å². The van der Waals surface area contributed by atoms with Crippen molar-refractivity contribution < 1.29 is 14.7 Å². The average molecular weight is 281 g/mol. The smallest absolute Gasteiger partial charge is 0.326 e. The molecule has 1 unspecified atom stereocenters. The third kappa shape index (κ3) is 3.97. The zero-order chi connectivity index (χ0) is 14.4. The van der Waals surface area contributed by atoms with Gasteiger partial charge in [-0.3, -0.25) is 4.79 Å². The predicted octanol–water partition coefficient (Wildman–Crippen LogP) is 2.17. The molecule has 6 heteroatoms. The SMILES string of the molecule is CC(C(=O)O)N(CCC#N)C(=O)c1ccc(Cl)cc1. The van der Waals surface area contributed by atoms with Gasteiger partial charge in [0.1, 0.15) is 6.04 Å². The van der Waals surface area contributed by atoms with Crippen molar-refractivity contribution in [1.82, 2.24) is 4.90 Å². The third-order valence-electron chi connectivity index (χ3n) is 2.64. The molecule has 1 aromatic carbocycles. The van der Waals surface area contributed by atoms with E-state index >= 15 is 0 Å². The summed E-state index contributed by atoms with van der Waals surface area (Å²) in [6, 6.07) is 7.08. The van der Waals surface area contributed by atoms with Crippen LogP contribution in [0.4, 0.5) is 0 Å². The van der Waals surface area contributed by atoms with E-state index in [1.165, 1.54) is 19.1 Å². The first kappa shape index (κ1) is 15.0. The van der Waals surface area contributed by atoms with Crippen molar-refractivity contribution in [3.8, 4) is 6.07 Å². The van der Waals surface area contributed by atoms with E-state index in [9.17, 15) is 9.59 Å². The van der Waals surface area contributed by atoms with Gasteiger partial charge in [-0.2, -0.15) is 5.26 Å². The van der Waals surface area contributed by atoms with Gasteiger partial charge >= 0.3 is 5.97 Å². The Morgan fingerprint density at radius 3 is 2.47 bits per heavy atom. The number of rotatable bonds is 5. The van der Waals surface area contributed by atoms with E-state index in [4.69, 9.17) is 22.0 Å². The topological polar surface area (TPSA) is 81.4 Å². The number of nitriles is 1. The standard InChI is InChI=1S/C13H13ClN2O3/c1-9(13(18)19)16(8-2-7-15)12(17)10-3-5-11(14)6-4-10/h3-6,9H,2,8H2,1H3,(H,18,19).